The Balaban J connectivity index is 0.00000289. The Bertz CT molecular complexity index is 1300. The summed E-state index contributed by atoms with van der Waals surface area (Å²) in [6.45, 7) is 7.83. The van der Waals surface area contributed by atoms with Crippen molar-refractivity contribution in [3.63, 3.8) is 0 Å². The molecule has 4 heterocycles. The summed E-state index contributed by atoms with van der Waals surface area (Å²) >= 11 is 0. The molecule has 1 aliphatic heterocycles. The van der Waals surface area contributed by atoms with Gasteiger partial charge in [0.1, 0.15) is 23.8 Å². The van der Waals surface area contributed by atoms with Crippen LogP contribution in [0.1, 0.15) is 27.8 Å². The Labute approximate surface area is 200 Å². The Morgan fingerprint density at radius 3 is 2.62 bits per heavy atom. The number of benzene rings is 1. The fraction of sp³-hybridized carbons (Fsp3) is 0.296. The first-order valence-corrected chi connectivity index (χ1v) is 11.6. The predicted molar refractivity (Wildman–Crippen MR) is 136 cm³/mol. The van der Waals surface area contributed by atoms with Gasteiger partial charge in [-0.15, -0.1) is 0 Å². The van der Waals surface area contributed by atoms with Crippen LogP contribution >= 0.6 is 0 Å². The van der Waals surface area contributed by atoms with Crippen molar-refractivity contribution in [1.82, 2.24) is 19.9 Å². The molecule has 34 heavy (non-hydrogen) atoms. The first-order valence-electron chi connectivity index (χ1n) is 11.6. The minimum absolute atomic E-state index is 0. The zero-order valence-electron chi connectivity index (χ0n) is 19.7. The van der Waals surface area contributed by atoms with E-state index >= 15 is 0 Å². The Morgan fingerprint density at radius 2 is 1.88 bits per heavy atom. The molecule has 176 valence electrons. The van der Waals surface area contributed by atoms with Gasteiger partial charge in [-0.25, -0.2) is 9.97 Å². The predicted octanol–water partition coefficient (Wildman–Crippen LogP) is 4.90. The highest BCUT2D eigenvalue weighted by Crippen LogP contribution is 2.31. The highest BCUT2D eigenvalue weighted by molar-refractivity contribution is 5.93. The van der Waals surface area contributed by atoms with Gasteiger partial charge in [-0.1, -0.05) is 36.4 Å². The maximum absolute atomic E-state index is 12.0. The summed E-state index contributed by atoms with van der Waals surface area (Å²) in [4.78, 5) is 29.0. The molecule has 3 aromatic heterocycles. The van der Waals surface area contributed by atoms with Crippen molar-refractivity contribution in [3.05, 3.63) is 72.6 Å². The molecule has 0 saturated carbocycles. The molecular formula is C27H31N5O2. The molecule has 0 bridgehead atoms. The lowest BCUT2D eigenvalue weighted by atomic mass is 10.1. The normalized spacial score (nSPS) is 18.3. The number of nitrogens with one attached hydrogen (secondary N) is 1. The summed E-state index contributed by atoms with van der Waals surface area (Å²) in [6.07, 6.45) is 3.69. The van der Waals surface area contributed by atoms with E-state index in [-0.39, 0.29) is 19.4 Å². The molecule has 0 unspecified atom stereocenters. The molecule has 1 fully saturated rings. The van der Waals surface area contributed by atoms with Crippen LogP contribution < -0.4 is 9.64 Å². The Morgan fingerprint density at radius 1 is 1.12 bits per heavy atom. The molecule has 0 aliphatic carbocycles. The maximum atomic E-state index is 12.0. The molecule has 1 aromatic carbocycles. The summed E-state index contributed by atoms with van der Waals surface area (Å²) in [5, 5.41) is 0.971. The third-order valence-corrected chi connectivity index (χ3v) is 6.37. The molecule has 1 aliphatic rings. The van der Waals surface area contributed by atoms with E-state index in [4.69, 9.17) is 9.72 Å². The second kappa shape index (κ2) is 9.17. The molecule has 0 radical (unpaired) electrons. The molecular weight excluding hydrogens is 426 g/mol. The van der Waals surface area contributed by atoms with Crippen LogP contribution in [-0.2, 0) is 11.4 Å². The average Bonchev–Trinajstić information content (AvgIpc) is 3.26. The summed E-state index contributed by atoms with van der Waals surface area (Å²) in [5.74, 6) is 1.76. The van der Waals surface area contributed by atoms with Crippen molar-refractivity contribution in [2.45, 2.75) is 39.5 Å². The van der Waals surface area contributed by atoms with Gasteiger partial charge in [0.25, 0.3) is 0 Å². The van der Waals surface area contributed by atoms with Gasteiger partial charge in [0, 0.05) is 50.7 Å². The summed E-state index contributed by atoms with van der Waals surface area (Å²) in [5.41, 5.74) is 3.77. The summed E-state index contributed by atoms with van der Waals surface area (Å²) in [6, 6.07) is 18.5. The lowest BCUT2D eigenvalue weighted by Gasteiger charge is -2.44. The van der Waals surface area contributed by atoms with Crippen LogP contribution in [0.5, 0.6) is 5.75 Å². The lowest BCUT2D eigenvalue weighted by Crippen LogP contribution is -2.58. The van der Waals surface area contributed by atoms with Crippen LogP contribution in [0, 0.1) is 0 Å². The highest BCUT2D eigenvalue weighted by Gasteiger charge is 2.31. The van der Waals surface area contributed by atoms with E-state index in [0.29, 0.717) is 6.61 Å². The third kappa shape index (κ3) is 4.33. The number of hydrogen-bond acceptors (Lipinski definition) is 5. The monoisotopic (exact) mass is 457 g/mol. The van der Waals surface area contributed by atoms with Gasteiger partial charge in [0.2, 0.25) is 5.91 Å². The van der Waals surface area contributed by atoms with Crippen molar-refractivity contribution in [1.29, 1.82) is 0 Å². The minimum Gasteiger partial charge on any atom is -0.487 e. The number of rotatable bonds is 5. The first-order chi connectivity index (χ1) is 16.5. The second-order valence-electron chi connectivity index (χ2n) is 8.95. The molecule has 1 N–H and O–H groups in total. The van der Waals surface area contributed by atoms with E-state index in [1.165, 1.54) is 0 Å². The number of carbonyl (C=O) groups is 1. The average molecular weight is 458 g/mol. The van der Waals surface area contributed by atoms with E-state index in [0.717, 1.165) is 52.5 Å². The van der Waals surface area contributed by atoms with Crippen LogP contribution in [0.3, 0.4) is 0 Å². The van der Waals surface area contributed by atoms with E-state index < -0.39 is 0 Å². The van der Waals surface area contributed by atoms with Gasteiger partial charge in [0.15, 0.2) is 0 Å². The standard InChI is InChI=1S/C27H29N5O2.H2/c1-18-15-31(16-19(2)32(18)20(3)33)26-11-7-10-25(30-26)24-14-29-27-23(24)12-22(13-28-27)34-17-21-8-5-4-6-9-21;/h4-14,18-19H,15-17H2,1-3H3,(H,28,29);1H/t18-,19+;. The number of ether oxygens (including phenoxy) is 1. The van der Waals surface area contributed by atoms with Crippen LogP contribution in [0.25, 0.3) is 22.3 Å². The number of amides is 1. The van der Waals surface area contributed by atoms with Gasteiger partial charge in [-0.05, 0) is 37.6 Å². The highest BCUT2D eigenvalue weighted by atomic mass is 16.5. The number of piperazine rings is 1. The summed E-state index contributed by atoms with van der Waals surface area (Å²) < 4.78 is 6.00. The molecule has 7 heteroatoms. The van der Waals surface area contributed by atoms with Gasteiger partial charge < -0.3 is 19.5 Å². The van der Waals surface area contributed by atoms with Crippen LogP contribution in [0.2, 0.25) is 0 Å². The number of fused-ring (bicyclic) bond motifs is 1. The smallest absolute Gasteiger partial charge is 0.220 e. The molecule has 7 nitrogen and oxygen atoms in total. The zero-order chi connectivity index (χ0) is 23.7. The fourth-order valence-electron chi connectivity index (χ4n) is 4.90. The quantitative estimate of drug-likeness (QED) is 0.462. The largest absolute Gasteiger partial charge is 0.487 e. The zero-order valence-corrected chi connectivity index (χ0v) is 19.7. The lowest BCUT2D eigenvalue weighted by molar-refractivity contribution is -0.133. The topological polar surface area (TPSA) is 74.4 Å². The molecule has 4 aromatic rings. The minimum atomic E-state index is 0. The number of aromatic nitrogens is 3. The summed E-state index contributed by atoms with van der Waals surface area (Å²) in [7, 11) is 0. The second-order valence-corrected chi connectivity index (χ2v) is 8.95. The number of nitrogens with zero attached hydrogens (tertiary/aromatic N) is 4. The van der Waals surface area contributed by atoms with E-state index in [1.54, 1.807) is 13.1 Å². The molecule has 5 rings (SSSR count). The van der Waals surface area contributed by atoms with Gasteiger partial charge in [0.05, 0.1) is 11.9 Å². The molecule has 2 atom stereocenters. The number of hydrogen-bond donors (Lipinski definition) is 1. The van der Waals surface area contributed by atoms with Crippen molar-refractivity contribution >= 4 is 22.8 Å². The van der Waals surface area contributed by atoms with Crippen LogP contribution in [0.4, 0.5) is 5.82 Å². The number of aromatic amines is 1. The van der Waals surface area contributed by atoms with Crippen molar-refractivity contribution in [2.24, 2.45) is 0 Å². The third-order valence-electron chi connectivity index (χ3n) is 6.37. The number of carbonyl (C=O) groups excluding carboxylic acids is 1. The van der Waals surface area contributed by atoms with Crippen LogP contribution in [0.15, 0.2) is 67.0 Å². The Kier molecular flexibility index (Phi) is 5.92. The van der Waals surface area contributed by atoms with Gasteiger partial charge >= 0.3 is 0 Å². The number of pyridine rings is 2. The molecule has 0 spiro atoms. The van der Waals surface area contributed by atoms with Crippen molar-refractivity contribution in [3.8, 4) is 17.0 Å². The Hall–Kier alpha value is -3.87. The van der Waals surface area contributed by atoms with Gasteiger partial charge in [-0.3, -0.25) is 4.79 Å². The van der Waals surface area contributed by atoms with E-state index in [2.05, 4.69) is 28.7 Å². The fourth-order valence-corrected chi connectivity index (χ4v) is 4.90. The van der Waals surface area contributed by atoms with Crippen LogP contribution in [-0.4, -0.2) is 50.9 Å². The number of H-pyrrole nitrogens is 1. The SMILES string of the molecule is CC(=O)N1[C@H](C)CN(c2cccc(-c3c[nH]c4ncc(OCc5ccccc5)cc34)n2)C[C@@H]1C.[HH]. The first kappa shape index (κ1) is 21.9. The van der Waals surface area contributed by atoms with E-state index in [1.807, 2.05) is 65.7 Å². The van der Waals surface area contributed by atoms with E-state index in [9.17, 15) is 4.79 Å². The van der Waals surface area contributed by atoms with Crippen molar-refractivity contribution < 1.29 is 11.0 Å². The molecule has 1 saturated heterocycles. The molecule has 1 amide bonds. The van der Waals surface area contributed by atoms with Crippen molar-refractivity contribution in [2.75, 3.05) is 18.0 Å². The van der Waals surface area contributed by atoms with Gasteiger partial charge in [-0.2, -0.15) is 0 Å². The number of anilines is 1. The maximum Gasteiger partial charge on any atom is 0.220 e.